The molecule has 0 saturated carbocycles. The Hall–Kier alpha value is -2.23. The fraction of sp³-hybridized carbons (Fsp3) is 0.348. The maximum absolute atomic E-state index is 11.9. The van der Waals surface area contributed by atoms with E-state index in [0.717, 1.165) is 29.7 Å². The largest absolute Gasteiger partial charge is 0.362 e. The van der Waals surface area contributed by atoms with Gasteiger partial charge >= 0.3 is 0 Å². The quantitative estimate of drug-likeness (QED) is 0.565. The van der Waals surface area contributed by atoms with Crippen LogP contribution in [0.3, 0.4) is 0 Å². The van der Waals surface area contributed by atoms with Crippen molar-refractivity contribution in [1.29, 1.82) is 0 Å². The number of ketones is 1. The molecule has 2 aromatic carbocycles. The Bertz CT molecular complexity index is 767. The van der Waals surface area contributed by atoms with Crippen LogP contribution in [0.25, 0.3) is 5.57 Å². The lowest BCUT2D eigenvalue weighted by Crippen LogP contribution is -2.21. The van der Waals surface area contributed by atoms with E-state index in [2.05, 4.69) is 55.6 Å². The second kappa shape index (κ2) is 8.43. The molecule has 138 valence electrons. The van der Waals surface area contributed by atoms with Gasteiger partial charge in [-0.25, -0.2) is 0 Å². The number of benzene rings is 2. The maximum atomic E-state index is 11.9. The third-order valence-electron chi connectivity index (χ3n) is 4.63. The summed E-state index contributed by atoms with van der Waals surface area (Å²) in [5.41, 5.74) is 4.71. The summed E-state index contributed by atoms with van der Waals surface area (Å²) in [5, 5.41) is 3.28. The minimum absolute atomic E-state index is 0. The fourth-order valence-electron chi connectivity index (χ4n) is 3.38. The fourth-order valence-corrected chi connectivity index (χ4v) is 3.38. The van der Waals surface area contributed by atoms with E-state index in [-0.39, 0.29) is 12.6 Å². The van der Waals surface area contributed by atoms with Gasteiger partial charge in [-0.3, -0.25) is 10.1 Å². The maximum Gasteiger partial charge on any atom is 0.156 e. The van der Waals surface area contributed by atoms with Crippen molar-refractivity contribution in [1.82, 2.24) is 5.32 Å². The molecule has 0 heterocycles. The highest BCUT2D eigenvalue weighted by atomic mass is 16.5. The minimum atomic E-state index is 0. The average molecular weight is 351 g/mol. The van der Waals surface area contributed by atoms with Gasteiger partial charge in [-0.1, -0.05) is 68.4 Å². The van der Waals surface area contributed by atoms with E-state index in [0.29, 0.717) is 19.8 Å². The third kappa shape index (κ3) is 5.38. The second-order valence-corrected chi connectivity index (χ2v) is 7.76. The van der Waals surface area contributed by atoms with Gasteiger partial charge in [-0.15, -0.1) is 0 Å². The van der Waals surface area contributed by atoms with E-state index in [9.17, 15) is 4.79 Å². The van der Waals surface area contributed by atoms with Crippen LogP contribution in [0.15, 0.2) is 60.7 Å². The van der Waals surface area contributed by atoms with Crippen LogP contribution in [-0.2, 0) is 22.7 Å². The van der Waals surface area contributed by atoms with Gasteiger partial charge in [0.15, 0.2) is 5.78 Å². The van der Waals surface area contributed by atoms with Crippen molar-refractivity contribution in [2.24, 2.45) is 5.41 Å². The number of hydrogen-bond donors (Lipinski definition) is 1. The molecular formula is C23H29NO2. The molecule has 2 aromatic rings. The number of allylic oxidation sites excluding steroid dienone is 2. The first kappa shape index (κ1) is 18.6. The molecule has 1 aliphatic rings. The molecular weight excluding hydrogens is 322 g/mol. The van der Waals surface area contributed by atoms with Crippen LogP contribution < -0.4 is 5.32 Å². The number of ether oxygens (including phenoxy) is 1. The number of hydrogen-bond acceptors (Lipinski definition) is 3. The number of rotatable bonds is 7. The van der Waals surface area contributed by atoms with Crippen molar-refractivity contribution in [2.75, 3.05) is 6.73 Å². The van der Waals surface area contributed by atoms with Gasteiger partial charge in [-0.2, -0.15) is 0 Å². The van der Waals surface area contributed by atoms with E-state index in [1.807, 2.05) is 24.3 Å². The summed E-state index contributed by atoms with van der Waals surface area (Å²) < 4.78 is 5.70. The number of carbonyl (C=O) groups excluding carboxylic acids is 1. The Balaban J connectivity index is 0.00000261. The van der Waals surface area contributed by atoms with Crippen LogP contribution in [0.2, 0.25) is 0 Å². The summed E-state index contributed by atoms with van der Waals surface area (Å²) >= 11 is 0. The zero-order valence-corrected chi connectivity index (χ0v) is 15.6. The summed E-state index contributed by atoms with van der Waals surface area (Å²) in [6.45, 7) is 6.21. The Labute approximate surface area is 157 Å². The van der Waals surface area contributed by atoms with E-state index < -0.39 is 0 Å². The summed E-state index contributed by atoms with van der Waals surface area (Å²) in [4.78, 5) is 11.9. The summed E-state index contributed by atoms with van der Waals surface area (Å²) in [6, 6.07) is 18.6. The molecule has 0 atom stereocenters. The van der Waals surface area contributed by atoms with Crippen LogP contribution in [0.1, 0.15) is 44.8 Å². The standard InChI is InChI=1S/C23H27NO2.H2/c1-23(2)13-21(12-22(25)14-23)20-10-8-19(9-11-20)16-26-17-24-15-18-6-4-3-5-7-18;/h3-12,24H,13-17H2,1-2H3;1H. The lowest BCUT2D eigenvalue weighted by molar-refractivity contribution is -0.116. The van der Waals surface area contributed by atoms with Gasteiger partial charge in [0, 0.05) is 14.4 Å². The Kier molecular flexibility index (Phi) is 6.02. The van der Waals surface area contributed by atoms with Gasteiger partial charge in [0.25, 0.3) is 0 Å². The van der Waals surface area contributed by atoms with Gasteiger partial charge in [0.1, 0.15) is 0 Å². The van der Waals surface area contributed by atoms with Crippen LogP contribution >= 0.6 is 0 Å². The van der Waals surface area contributed by atoms with Crippen molar-refractivity contribution in [2.45, 2.75) is 39.8 Å². The first-order valence-corrected chi connectivity index (χ1v) is 9.17. The van der Waals surface area contributed by atoms with Crippen LogP contribution in [0, 0.1) is 5.41 Å². The lowest BCUT2D eigenvalue weighted by Gasteiger charge is -2.29. The Morgan fingerprint density at radius 3 is 2.42 bits per heavy atom. The van der Waals surface area contributed by atoms with Gasteiger partial charge in [-0.05, 0) is 40.2 Å². The third-order valence-corrected chi connectivity index (χ3v) is 4.63. The molecule has 3 heteroatoms. The molecule has 0 saturated heterocycles. The summed E-state index contributed by atoms with van der Waals surface area (Å²) in [7, 11) is 0. The van der Waals surface area contributed by atoms with Crippen LogP contribution in [0.5, 0.6) is 0 Å². The van der Waals surface area contributed by atoms with Gasteiger partial charge < -0.3 is 4.74 Å². The summed E-state index contributed by atoms with van der Waals surface area (Å²) in [5.74, 6) is 0.230. The molecule has 0 amide bonds. The van der Waals surface area contributed by atoms with Crippen molar-refractivity contribution >= 4 is 11.4 Å². The number of nitrogens with one attached hydrogen (secondary N) is 1. The van der Waals surface area contributed by atoms with Gasteiger partial charge in [0.2, 0.25) is 0 Å². The van der Waals surface area contributed by atoms with Gasteiger partial charge in [0.05, 0.1) is 13.3 Å². The highest BCUT2D eigenvalue weighted by Gasteiger charge is 2.27. The first-order valence-electron chi connectivity index (χ1n) is 9.17. The molecule has 0 fully saturated rings. The monoisotopic (exact) mass is 351 g/mol. The topological polar surface area (TPSA) is 38.3 Å². The number of carbonyl (C=O) groups is 1. The van der Waals surface area contributed by atoms with Crippen LogP contribution in [-0.4, -0.2) is 12.5 Å². The van der Waals surface area contributed by atoms with Crippen molar-refractivity contribution in [3.05, 3.63) is 77.4 Å². The van der Waals surface area contributed by atoms with E-state index in [1.165, 1.54) is 5.56 Å². The average Bonchev–Trinajstić information content (AvgIpc) is 2.61. The van der Waals surface area contributed by atoms with Crippen molar-refractivity contribution in [3.63, 3.8) is 0 Å². The normalized spacial score (nSPS) is 16.4. The summed E-state index contributed by atoms with van der Waals surface area (Å²) in [6.07, 6.45) is 3.39. The van der Waals surface area contributed by atoms with E-state index in [4.69, 9.17) is 4.74 Å². The molecule has 0 aromatic heterocycles. The molecule has 3 rings (SSSR count). The predicted molar refractivity (Wildman–Crippen MR) is 107 cm³/mol. The molecule has 0 aliphatic heterocycles. The molecule has 0 unspecified atom stereocenters. The highest BCUT2D eigenvalue weighted by molar-refractivity contribution is 5.99. The Morgan fingerprint density at radius 1 is 1.00 bits per heavy atom. The highest BCUT2D eigenvalue weighted by Crippen LogP contribution is 2.38. The van der Waals surface area contributed by atoms with E-state index >= 15 is 0 Å². The molecule has 26 heavy (non-hydrogen) atoms. The van der Waals surface area contributed by atoms with Crippen molar-refractivity contribution in [3.8, 4) is 0 Å². The van der Waals surface area contributed by atoms with E-state index in [1.54, 1.807) is 0 Å². The second-order valence-electron chi connectivity index (χ2n) is 7.76. The predicted octanol–water partition coefficient (Wildman–Crippen LogP) is 4.97. The zero-order valence-electron chi connectivity index (χ0n) is 15.6. The molecule has 3 nitrogen and oxygen atoms in total. The van der Waals surface area contributed by atoms with Crippen LogP contribution in [0.4, 0.5) is 0 Å². The minimum Gasteiger partial charge on any atom is -0.362 e. The molecule has 0 spiro atoms. The zero-order chi connectivity index (χ0) is 18.4. The first-order chi connectivity index (χ1) is 12.5. The lowest BCUT2D eigenvalue weighted by atomic mass is 9.75. The molecule has 1 N–H and O–H groups in total. The molecule has 0 radical (unpaired) electrons. The Morgan fingerprint density at radius 2 is 1.73 bits per heavy atom. The molecule has 1 aliphatic carbocycles. The SMILES string of the molecule is CC1(C)CC(=O)C=C(c2ccc(COCNCc3ccccc3)cc2)C1.[HH]. The smallest absolute Gasteiger partial charge is 0.156 e. The molecule has 0 bridgehead atoms. The van der Waals surface area contributed by atoms with Crippen molar-refractivity contribution < 1.29 is 11.0 Å².